The van der Waals surface area contributed by atoms with E-state index in [1.807, 2.05) is 25.5 Å². The van der Waals surface area contributed by atoms with Crippen LogP contribution in [0.2, 0.25) is 0 Å². The minimum atomic E-state index is 0.456. The molecule has 4 heteroatoms. The fraction of sp³-hybridized carbons (Fsp3) is 0.429. The molecule has 1 aliphatic heterocycles. The Kier molecular flexibility index (Phi) is 3.11. The summed E-state index contributed by atoms with van der Waals surface area (Å²) in [6.45, 7) is 3.94. The van der Waals surface area contributed by atoms with Gasteiger partial charge >= 0.3 is 0 Å². The van der Waals surface area contributed by atoms with Gasteiger partial charge in [-0.1, -0.05) is 6.07 Å². The predicted molar refractivity (Wildman–Crippen MR) is 70.3 cm³/mol. The van der Waals surface area contributed by atoms with Crippen molar-refractivity contribution in [3.63, 3.8) is 0 Å². The largest absolute Gasteiger partial charge is 0.327 e. The molecule has 0 saturated carbocycles. The molecule has 18 heavy (non-hydrogen) atoms. The molecule has 1 fully saturated rings. The van der Waals surface area contributed by atoms with Gasteiger partial charge in [-0.25, -0.2) is 4.98 Å². The summed E-state index contributed by atoms with van der Waals surface area (Å²) in [5.74, 6) is 0. The molecule has 4 nitrogen and oxygen atoms in total. The van der Waals surface area contributed by atoms with E-state index in [9.17, 15) is 0 Å². The van der Waals surface area contributed by atoms with Crippen LogP contribution in [-0.2, 0) is 6.54 Å². The minimum Gasteiger partial charge on any atom is -0.327 e. The highest BCUT2D eigenvalue weighted by Gasteiger charge is 2.19. The normalized spacial score (nSPS) is 19.3. The summed E-state index contributed by atoms with van der Waals surface area (Å²) in [5.41, 5.74) is 3.43. The van der Waals surface area contributed by atoms with Gasteiger partial charge in [-0.3, -0.25) is 4.98 Å². The van der Waals surface area contributed by atoms with Gasteiger partial charge in [-0.2, -0.15) is 0 Å². The Balaban J connectivity index is 1.82. The van der Waals surface area contributed by atoms with Crippen molar-refractivity contribution in [2.45, 2.75) is 32.4 Å². The molecule has 3 rings (SSSR count). The van der Waals surface area contributed by atoms with Gasteiger partial charge in [0, 0.05) is 17.9 Å². The first-order chi connectivity index (χ1) is 8.83. The van der Waals surface area contributed by atoms with Gasteiger partial charge in [0.15, 0.2) is 0 Å². The number of aryl methyl sites for hydroxylation is 1. The van der Waals surface area contributed by atoms with Crippen LogP contribution >= 0.6 is 0 Å². The predicted octanol–water partition coefficient (Wildman–Crippen LogP) is 2.06. The number of hydrogen-bond acceptors (Lipinski definition) is 3. The number of pyridine rings is 1. The zero-order chi connectivity index (χ0) is 12.4. The maximum absolute atomic E-state index is 4.55. The molecule has 3 heterocycles. The fourth-order valence-corrected chi connectivity index (χ4v) is 2.55. The van der Waals surface area contributed by atoms with Crippen molar-refractivity contribution in [2.75, 3.05) is 6.54 Å². The molecule has 1 saturated heterocycles. The molecule has 2 aromatic heterocycles. The van der Waals surface area contributed by atoms with Crippen molar-refractivity contribution < 1.29 is 0 Å². The van der Waals surface area contributed by atoms with Crippen molar-refractivity contribution in [2.24, 2.45) is 0 Å². The average Bonchev–Trinajstić information content (AvgIpc) is 2.98. The lowest BCUT2D eigenvalue weighted by molar-refractivity contribution is 0.581. The molecule has 0 aliphatic carbocycles. The molecule has 1 atom stereocenters. The Morgan fingerprint density at radius 1 is 1.44 bits per heavy atom. The number of hydrogen-bond donors (Lipinski definition) is 1. The molecule has 0 spiro atoms. The van der Waals surface area contributed by atoms with Crippen molar-refractivity contribution in [1.82, 2.24) is 19.9 Å². The zero-order valence-electron chi connectivity index (χ0n) is 10.6. The summed E-state index contributed by atoms with van der Waals surface area (Å²) >= 11 is 0. The van der Waals surface area contributed by atoms with Gasteiger partial charge in [0.05, 0.1) is 24.3 Å². The summed E-state index contributed by atoms with van der Waals surface area (Å²) in [6.07, 6.45) is 6.32. The highest BCUT2D eigenvalue weighted by atomic mass is 15.1. The van der Waals surface area contributed by atoms with E-state index in [2.05, 4.69) is 32.0 Å². The first-order valence-corrected chi connectivity index (χ1v) is 6.49. The summed E-state index contributed by atoms with van der Waals surface area (Å²) in [7, 11) is 0. The molecule has 1 aliphatic rings. The second-order valence-corrected chi connectivity index (χ2v) is 4.87. The van der Waals surface area contributed by atoms with Crippen LogP contribution in [0, 0.1) is 6.92 Å². The Morgan fingerprint density at radius 2 is 2.39 bits per heavy atom. The van der Waals surface area contributed by atoms with Crippen LogP contribution in [0.4, 0.5) is 0 Å². The number of nitrogens with zero attached hydrogens (tertiary/aromatic N) is 3. The number of rotatable bonds is 3. The topological polar surface area (TPSA) is 42.7 Å². The van der Waals surface area contributed by atoms with Crippen LogP contribution in [0.15, 0.2) is 30.7 Å². The molecule has 2 aromatic rings. The number of nitrogens with one attached hydrogen (secondary N) is 1. The van der Waals surface area contributed by atoms with Crippen LogP contribution in [-0.4, -0.2) is 21.1 Å². The van der Waals surface area contributed by atoms with E-state index in [0.717, 1.165) is 24.5 Å². The maximum Gasteiger partial charge on any atom is 0.0952 e. The first-order valence-electron chi connectivity index (χ1n) is 6.49. The lowest BCUT2D eigenvalue weighted by Crippen LogP contribution is -2.17. The molecule has 0 radical (unpaired) electrons. The average molecular weight is 242 g/mol. The fourth-order valence-electron chi connectivity index (χ4n) is 2.55. The quantitative estimate of drug-likeness (QED) is 0.896. The van der Waals surface area contributed by atoms with Crippen molar-refractivity contribution >= 4 is 0 Å². The summed E-state index contributed by atoms with van der Waals surface area (Å²) in [6, 6.07) is 6.61. The highest BCUT2D eigenvalue weighted by molar-refractivity contribution is 5.13. The van der Waals surface area contributed by atoms with Gasteiger partial charge in [0.2, 0.25) is 0 Å². The third-order valence-corrected chi connectivity index (χ3v) is 3.44. The van der Waals surface area contributed by atoms with E-state index in [0.29, 0.717) is 6.04 Å². The summed E-state index contributed by atoms with van der Waals surface area (Å²) < 4.78 is 2.20. The molecule has 94 valence electrons. The smallest absolute Gasteiger partial charge is 0.0952 e. The molecular formula is C14H18N4. The second kappa shape index (κ2) is 4.90. The molecule has 0 aromatic carbocycles. The Labute approximate surface area is 107 Å². The van der Waals surface area contributed by atoms with Gasteiger partial charge in [-0.05, 0) is 38.4 Å². The molecule has 0 amide bonds. The number of aromatic nitrogens is 3. The van der Waals surface area contributed by atoms with Crippen LogP contribution in [0.25, 0.3) is 0 Å². The summed E-state index contributed by atoms with van der Waals surface area (Å²) in [4.78, 5) is 8.83. The first kappa shape index (κ1) is 11.4. The van der Waals surface area contributed by atoms with Gasteiger partial charge in [0.25, 0.3) is 0 Å². The van der Waals surface area contributed by atoms with Gasteiger partial charge < -0.3 is 9.88 Å². The lowest BCUT2D eigenvalue weighted by atomic mass is 10.1. The van der Waals surface area contributed by atoms with Gasteiger partial charge in [0.1, 0.15) is 0 Å². The maximum atomic E-state index is 4.55. The number of imidazole rings is 1. The van der Waals surface area contributed by atoms with E-state index in [4.69, 9.17) is 0 Å². The molecule has 0 unspecified atom stereocenters. The van der Waals surface area contributed by atoms with E-state index in [-0.39, 0.29) is 0 Å². The van der Waals surface area contributed by atoms with Crippen molar-refractivity contribution in [1.29, 1.82) is 0 Å². The Hall–Kier alpha value is -1.68. The van der Waals surface area contributed by atoms with E-state index in [1.54, 1.807) is 0 Å². The molecule has 0 bridgehead atoms. The van der Waals surface area contributed by atoms with E-state index < -0.39 is 0 Å². The summed E-state index contributed by atoms with van der Waals surface area (Å²) in [5, 5.41) is 3.52. The van der Waals surface area contributed by atoms with Crippen LogP contribution in [0.3, 0.4) is 0 Å². The van der Waals surface area contributed by atoms with Gasteiger partial charge in [-0.15, -0.1) is 0 Å². The SMILES string of the molecule is Cc1cccc(Cn2cncc2[C@@H]2CCCN2)n1. The third-order valence-electron chi connectivity index (χ3n) is 3.44. The van der Waals surface area contributed by atoms with Crippen LogP contribution < -0.4 is 5.32 Å². The highest BCUT2D eigenvalue weighted by Crippen LogP contribution is 2.22. The van der Waals surface area contributed by atoms with Crippen LogP contribution in [0.1, 0.15) is 36.0 Å². The van der Waals surface area contributed by atoms with E-state index >= 15 is 0 Å². The van der Waals surface area contributed by atoms with Crippen LogP contribution in [0.5, 0.6) is 0 Å². The second-order valence-electron chi connectivity index (χ2n) is 4.87. The molecule has 1 N–H and O–H groups in total. The monoisotopic (exact) mass is 242 g/mol. The molecular weight excluding hydrogens is 224 g/mol. The zero-order valence-corrected chi connectivity index (χ0v) is 10.6. The Bertz CT molecular complexity index is 526. The van der Waals surface area contributed by atoms with Crippen molar-refractivity contribution in [3.05, 3.63) is 47.8 Å². The lowest BCUT2D eigenvalue weighted by Gasteiger charge is -2.13. The Morgan fingerprint density at radius 3 is 3.17 bits per heavy atom. The third kappa shape index (κ3) is 2.29. The standard InChI is InChI=1S/C14H18N4/c1-11-4-2-5-12(17-11)9-18-10-15-8-14(18)13-6-3-7-16-13/h2,4-5,8,10,13,16H,3,6-7,9H2,1H3/t13-/m0/s1. The van der Waals surface area contributed by atoms with E-state index in [1.165, 1.54) is 18.5 Å². The van der Waals surface area contributed by atoms with Crippen molar-refractivity contribution in [3.8, 4) is 0 Å². The minimum absolute atomic E-state index is 0.456.